The highest BCUT2D eigenvalue weighted by molar-refractivity contribution is 8.00. The van der Waals surface area contributed by atoms with Crippen molar-refractivity contribution >= 4 is 59.5 Å². The van der Waals surface area contributed by atoms with Gasteiger partial charge in [-0.1, -0.05) is 30.4 Å². The van der Waals surface area contributed by atoms with E-state index in [4.69, 9.17) is 0 Å². The maximum Gasteiger partial charge on any atom is 0.352 e. The lowest BCUT2D eigenvalue weighted by atomic mass is 10.0. The number of hydrogen-bond acceptors (Lipinski definition) is 10. The summed E-state index contributed by atoms with van der Waals surface area (Å²) in [7, 11) is 5.40. The number of H-pyrrole nitrogens is 2. The number of para-hydroxylation sites is 1. The second kappa shape index (κ2) is 16.3. The zero-order valence-electron chi connectivity index (χ0n) is 26.8. The first-order chi connectivity index (χ1) is 22.6. The predicted molar refractivity (Wildman–Crippen MR) is 180 cm³/mol. The first-order valence-corrected chi connectivity index (χ1v) is 15.7. The van der Waals surface area contributed by atoms with E-state index in [1.165, 1.54) is 16.7 Å². The number of β-lactam (4-membered cyclic amide) rings is 1. The van der Waals surface area contributed by atoms with Crippen molar-refractivity contribution in [1.29, 1.82) is 0 Å². The Morgan fingerprint density at radius 1 is 1.10 bits per heavy atom. The molecule has 16 nitrogen and oxygen atoms in total. The molecule has 0 radical (unpaired) electrons. The predicted octanol–water partition coefficient (Wildman–Crippen LogP) is -1.15. The van der Waals surface area contributed by atoms with Crippen LogP contribution in [-0.2, 0) is 25.6 Å². The summed E-state index contributed by atoms with van der Waals surface area (Å²) in [4.78, 5) is 91.1. The van der Waals surface area contributed by atoms with Crippen molar-refractivity contribution in [3.63, 3.8) is 0 Å². The maximum absolute atomic E-state index is 13.0. The largest absolute Gasteiger partial charge is 0.544 e. The minimum atomic E-state index is -1.19. The molecular formula is C31H36ClN7O9S. The number of aromatic amines is 2. The summed E-state index contributed by atoms with van der Waals surface area (Å²) in [5.41, 5.74) is -0.669. The monoisotopic (exact) mass is 717 g/mol. The Morgan fingerprint density at radius 2 is 1.82 bits per heavy atom. The molecule has 0 bridgehead atoms. The highest BCUT2D eigenvalue weighted by Gasteiger charge is 2.54. The summed E-state index contributed by atoms with van der Waals surface area (Å²) in [6.45, 7) is 1.08. The molecular weight excluding hydrogens is 682 g/mol. The van der Waals surface area contributed by atoms with E-state index in [0.717, 1.165) is 6.20 Å². The van der Waals surface area contributed by atoms with E-state index < -0.39 is 52.3 Å². The molecule has 49 heavy (non-hydrogen) atoms. The summed E-state index contributed by atoms with van der Waals surface area (Å²) in [5.74, 6) is -3.59. The number of nitrogens with one attached hydrogen (secondary N) is 4. The Hall–Kier alpha value is -5.13. The SMILES string of the molecule is C[N+](C)(C)CC(=O)[O-].Cl.O=C(Cc1ccccc1NC(=O)c1c[nH]c(=O)[nH]c1=O)NC1C(=O)N2C(C(=O)O)=C(CN3C=CC=CC3)CS[C@H]12. The summed E-state index contributed by atoms with van der Waals surface area (Å²) < 4.78 is 0.419. The number of thioether (sulfide) groups is 1. The summed E-state index contributed by atoms with van der Waals surface area (Å²) in [5, 5.41) is 24.5. The minimum Gasteiger partial charge on any atom is -0.544 e. The van der Waals surface area contributed by atoms with Gasteiger partial charge in [0, 0.05) is 30.7 Å². The van der Waals surface area contributed by atoms with Crippen LogP contribution in [0.2, 0.25) is 0 Å². The number of carboxylic acids is 2. The number of anilines is 1. The standard InChI is InChI=1S/C26H24N6O7S.C5H11NO2.ClH/c33-18(10-14-6-2-3-7-17(14)28-21(34)16-11-27-26(39)30-22(16)35)29-19-23(36)32-20(25(37)38)15(13-40-24(19)32)12-31-8-4-1-5-9-31;1-6(2,3)4-5(7)8;/h1-8,11,19,24H,9-10,12-13H2,(H,28,34)(H,29,33)(H,37,38)(H2,27,30,35,39);4H2,1-3H3;1H/t19?,24-;;/m1../s1. The third-order valence-electron chi connectivity index (χ3n) is 7.13. The fourth-order valence-corrected chi connectivity index (χ4v) is 6.36. The van der Waals surface area contributed by atoms with Crippen molar-refractivity contribution < 1.29 is 38.7 Å². The number of nitrogens with zero attached hydrogens (tertiary/aromatic N) is 3. The minimum absolute atomic E-state index is 0. The van der Waals surface area contributed by atoms with E-state index in [9.17, 15) is 43.8 Å². The number of benzene rings is 1. The van der Waals surface area contributed by atoms with Crippen molar-refractivity contribution in [3.05, 3.63) is 98.1 Å². The van der Waals surface area contributed by atoms with Crippen LogP contribution in [0.25, 0.3) is 0 Å². The van der Waals surface area contributed by atoms with Crippen LogP contribution in [0.5, 0.6) is 0 Å². The number of aliphatic carboxylic acids is 2. The van der Waals surface area contributed by atoms with E-state index >= 15 is 0 Å². The molecule has 5 N–H and O–H groups in total. The van der Waals surface area contributed by atoms with Crippen LogP contribution in [0.3, 0.4) is 0 Å². The van der Waals surface area contributed by atoms with Gasteiger partial charge in [0.25, 0.3) is 17.4 Å². The van der Waals surface area contributed by atoms with Crippen molar-refractivity contribution in [1.82, 2.24) is 25.1 Å². The van der Waals surface area contributed by atoms with Gasteiger partial charge in [0.1, 0.15) is 29.2 Å². The molecule has 1 aromatic heterocycles. The third-order valence-corrected chi connectivity index (χ3v) is 8.47. The Bertz CT molecular complexity index is 1830. The number of rotatable bonds is 10. The van der Waals surface area contributed by atoms with Crippen LogP contribution >= 0.6 is 24.2 Å². The van der Waals surface area contributed by atoms with E-state index in [-0.39, 0.29) is 42.3 Å². The number of fused-ring (bicyclic) bond motifs is 1. The molecule has 4 heterocycles. The van der Waals surface area contributed by atoms with Crippen LogP contribution in [0, 0.1) is 0 Å². The topological polar surface area (TPSA) is 225 Å². The molecule has 0 aliphatic carbocycles. The van der Waals surface area contributed by atoms with Gasteiger partial charge in [0.05, 0.1) is 33.5 Å². The van der Waals surface area contributed by atoms with E-state index in [0.29, 0.717) is 34.5 Å². The van der Waals surface area contributed by atoms with Crippen molar-refractivity contribution in [2.45, 2.75) is 17.8 Å². The number of amides is 3. The van der Waals surface area contributed by atoms with Gasteiger partial charge >= 0.3 is 11.7 Å². The number of carbonyl (C=O) groups excluding carboxylic acids is 4. The molecule has 5 rings (SSSR count). The number of halogens is 1. The van der Waals surface area contributed by atoms with Crippen molar-refractivity contribution in [2.75, 3.05) is 51.8 Å². The molecule has 0 saturated carbocycles. The fraction of sp³-hybridized carbons (Fsp3) is 0.323. The number of hydrogen-bond donors (Lipinski definition) is 5. The molecule has 18 heteroatoms. The molecule has 3 aliphatic heterocycles. The van der Waals surface area contributed by atoms with Gasteiger partial charge < -0.3 is 40.0 Å². The first-order valence-electron chi connectivity index (χ1n) is 14.6. The maximum atomic E-state index is 13.0. The molecule has 0 spiro atoms. The normalized spacial score (nSPS) is 17.9. The Morgan fingerprint density at radius 3 is 2.41 bits per heavy atom. The van der Waals surface area contributed by atoms with Gasteiger partial charge in [-0.3, -0.25) is 29.1 Å². The van der Waals surface area contributed by atoms with Gasteiger partial charge in [0.15, 0.2) is 0 Å². The molecule has 2 aromatic rings. The Labute approximate surface area is 290 Å². The van der Waals surface area contributed by atoms with Crippen LogP contribution < -0.4 is 27.0 Å². The summed E-state index contributed by atoms with van der Waals surface area (Å²) in [6.07, 6.45) is 8.38. The highest BCUT2D eigenvalue weighted by Crippen LogP contribution is 2.40. The molecule has 1 unspecified atom stereocenters. The van der Waals surface area contributed by atoms with Gasteiger partial charge in [-0.2, -0.15) is 0 Å². The molecule has 3 amide bonds. The second-order valence-electron chi connectivity index (χ2n) is 12.0. The number of quaternary nitrogens is 1. The number of allylic oxidation sites excluding steroid dienone is 2. The average molecular weight is 718 g/mol. The molecule has 1 saturated heterocycles. The summed E-state index contributed by atoms with van der Waals surface area (Å²) in [6, 6.07) is 5.56. The van der Waals surface area contributed by atoms with E-state index in [2.05, 4.69) is 15.6 Å². The van der Waals surface area contributed by atoms with Gasteiger partial charge in [0.2, 0.25) is 5.91 Å². The lowest BCUT2D eigenvalue weighted by Crippen LogP contribution is -2.70. The van der Waals surface area contributed by atoms with Crippen LogP contribution in [0.4, 0.5) is 5.69 Å². The lowest BCUT2D eigenvalue weighted by Gasteiger charge is -2.49. The molecule has 2 atom stereocenters. The Kier molecular flexibility index (Phi) is 12.8. The second-order valence-corrected chi connectivity index (χ2v) is 13.1. The number of carboxylic acid groups (broad SMARTS) is 2. The average Bonchev–Trinajstić information content (AvgIpc) is 3.00. The van der Waals surface area contributed by atoms with Crippen molar-refractivity contribution in [3.8, 4) is 0 Å². The van der Waals surface area contributed by atoms with Gasteiger partial charge in [-0.15, -0.1) is 24.2 Å². The van der Waals surface area contributed by atoms with Crippen molar-refractivity contribution in [2.24, 2.45) is 0 Å². The zero-order chi connectivity index (χ0) is 35.2. The molecule has 3 aliphatic rings. The third kappa shape index (κ3) is 9.94. The van der Waals surface area contributed by atoms with E-state index in [1.807, 2.05) is 34.3 Å². The molecule has 1 aromatic carbocycles. The summed E-state index contributed by atoms with van der Waals surface area (Å²) >= 11 is 1.39. The quantitative estimate of drug-likeness (QED) is 0.146. The number of aromatic nitrogens is 2. The molecule has 1 fully saturated rings. The van der Waals surface area contributed by atoms with Crippen LogP contribution in [0.15, 0.2) is 75.7 Å². The van der Waals surface area contributed by atoms with Crippen LogP contribution in [-0.4, -0.2) is 117 Å². The van der Waals surface area contributed by atoms with Gasteiger partial charge in [-0.05, 0) is 29.5 Å². The first kappa shape index (κ1) is 38.3. The van der Waals surface area contributed by atoms with Gasteiger partial charge in [-0.25, -0.2) is 9.59 Å². The van der Waals surface area contributed by atoms with Crippen LogP contribution in [0.1, 0.15) is 15.9 Å². The lowest BCUT2D eigenvalue weighted by molar-refractivity contribution is -0.864. The Balaban J connectivity index is 0.000000645. The number of likely N-dealkylation sites (N-methyl/N-ethyl adjacent to an activating group) is 1. The molecule has 262 valence electrons. The highest BCUT2D eigenvalue weighted by atomic mass is 35.5. The smallest absolute Gasteiger partial charge is 0.352 e. The fourth-order valence-electron chi connectivity index (χ4n) is 5.02. The number of carbonyl (C=O) groups is 5. The zero-order valence-corrected chi connectivity index (χ0v) is 28.4. The van der Waals surface area contributed by atoms with E-state index in [1.54, 1.807) is 45.4 Å².